The van der Waals surface area contributed by atoms with Crippen molar-refractivity contribution in [2.75, 3.05) is 6.61 Å². The second-order valence-corrected chi connectivity index (χ2v) is 7.29. The molecular weight excluding hydrogens is 264 g/mol. The number of carbonyl (C=O) groups is 1. The summed E-state index contributed by atoms with van der Waals surface area (Å²) in [5.74, 6) is 3.22. The third-order valence-electron chi connectivity index (χ3n) is 6.46. The Kier molecular flexibility index (Phi) is 2.66. The molecule has 112 valence electrons. The molecule has 1 spiro atoms. The van der Waals surface area contributed by atoms with Gasteiger partial charge in [-0.1, -0.05) is 26.0 Å². The van der Waals surface area contributed by atoms with Gasteiger partial charge in [-0.2, -0.15) is 0 Å². The molecule has 2 saturated carbocycles. The van der Waals surface area contributed by atoms with E-state index in [9.17, 15) is 4.79 Å². The summed E-state index contributed by atoms with van der Waals surface area (Å²) in [5.41, 5.74) is 3.19. The van der Waals surface area contributed by atoms with Crippen LogP contribution in [0.1, 0.15) is 31.4 Å². The molecule has 0 aromatic heterocycles. The van der Waals surface area contributed by atoms with E-state index in [4.69, 9.17) is 9.84 Å². The summed E-state index contributed by atoms with van der Waals surface area (Å²) in [6.45, 7) is 4.57. The first kappa shape index (κ1) is 13.2. The maximum atomic E-state index is 10.7. The van der Waals surface area contributed by atoms with Gasteiger partial charge < -0.3 is 9.84 Å². The van der Waals surface area contributed by atoms with E-state index in [1.54, 1.807) is 0 Å². The lowest BCUT2D eigenvalue weighted by atomic mass is 9.72. The molecule has 3 heteroatoms. The van der Waals surface area contributed by atoms with Gasteiger partial charge in [-0.3, -0.25) is 0 Å². The normalized spacial score (nSPS) is 39.1. The maximum Gasteiger partial charge on any atom is 0.341 e. The lowest BCUT2D eigenvalue weighted by Crippen LogP contribution is -2.27. The van der Waals surface area contributed by atoms with E-state index in [0.717, 1.165) is 42.3 Å². The molecular formula is C18H22O3. The van der Waals surface area contributed by atoms with E-state index in [1.165, 1.54) is 17.5 Å². The molecule has 0 heterocycles. The summed E-state index contributed by atoms with van der Waals surface area (Å²) >= 11 is 0. The van der Waals surface area contributed by atoms with Crippen LogP contribution in [0.4, 0.5) is 0 Å². The van der Waals surface area contributed by atoms with Crippen molar-refractivity contribution < 1.29 is 14.6 Å². The Labute approximate surface area is 125 Å². The van der Waals surface area contributed by atoms with Crippen molar-refractivity contribution in [2.45, 2.75) is 33.1 Å². The summed E-state index contributed by atoms with van der Waals surface area (Å²) < 4.78 is 5.51. The SMILES string of the molecule is CC1CC2Cc3c(cccc3OCC(=O)O)CC23C(C)C13. The summed E-state index contributed by atoms with van der Waals surface area (Å²) in [7, 11) is 0. The smallest absolute Gasteiger partial charge is 0.341 e. The summed E-state index contributed by atoms with van der Waals surface area (Å²) in [4.78, 5) is 10.7. The topological polar surface area (TPSA) is 46.5 Å². The van der Waals surface area contributed by atoms with Gasteiger partial charge in [0.25, 0.3) is 0 Å². The van der Waals surface area contributed by atoms with Gasteiger partial charge in [0, 0.05) is 0 Å². The Bertz CT molecular complexity index is 608. The highest BCUT2D eigenvalue weighted by Gasteiger charge is 2.71. The molecule has 0 radical (unpaired) electrons. The Hall–Kier alpha value is -1.51. The predicted octanol–water partition coefficient (Wildman–Crippen LogP) is 3.16. The van der Waals surface area contributed by atoms with Crippen molar-refractivity contribution in [1.82, 2.24) is 0 Å². The Morgan fingerprint density at radius 3 is 2.95 bits per heavy atom. The zero-order chi connectivity index (χ0) is 14.8. The van der Waals surface area contributed by atoms with Crippen LogP contribution >= 0.6 is 0 Å². The quantitative estimate of drug-likeness (QED) is 0.928. The molecule has 3 aliphatic rings. The van der Waals surface area contributed by atoms with Gasteiger partial charge in [-0.05, 0) is 65.5 Å². The van der Waals surface area contributed by atoms with Crippen molar-refractivity contribution in [2.24, 2.45) is 29.1 Å². The van der Waals surface area contributed by atoms with Crippen LogP contribution in [0.3, 0.4) is 0 Å². The molecule has 3 aliphatic carbocycles. The van der Waals surface area contributed by atoms with E-state index < -0.39 is 5.97 Å². The van der Waals surface area contributed by atoms with Gasteiger partial charge in [-0.25, -0.2) is 4.79 Å². The maximum absolute atomic E-state index is 10.7. The Balaban J connectivity index is 1.66. The predicted molar refractivity (Wildman–Crippen MR) is 79.3 cm³/mol. The minimum absolute atomic E-state index is 0.248. The summed E-state index contributed by atoms with van der Waals surface area (Å²) in [5, 5.41) is 8.82. The molecule has 1 aromatic rings. The van der Waals surface area contributed by atoms with Crippen molar-refractivity contribution in [3.8, 4) is 5.75 Å². The number of carboxylic acid groups (broad SMARTS) is 1. The lowest BCUT2D eigenvalue weighted by Gasteiger charge is -2.33. The third kappa shape index (κ3) is 1.69. The summed E-state index contributed by atoms with van der Waals surface area (Å²) in [6, 6.07) is 6.14. The van der Waals surface area contributed by atoms with Gasteiger partial charge in [-0.15, -0.1) is 0 Å². The molecule has 1 aromatic carbocycles. The molecule has 0 saturated heterocycles. The van der Waals surface area contributed by atoms with Crippen LogP contribution in [0.2, 0.25) is 0 Å². The Morgan fingerprint density at radius 1 is 1.43 bits per heavy atom. The van der Waals surface area contributed by atoms with Crippen LogP contribution in [0.15, 0.2) is 18.2 Å². The van der Waals surface area contributed by atoms with Crippen LogP contribution in [0, 0.1) is 29.1 Å². The van der Waals surface area contributed by atoms with E-state index in [2.05, 4.69) is 19.9 Å². The lowest BCUT2D eigenvalue weighted by molar-refractivity contribution is -0.139. The third-order valence-corrected chi connectivity index (χ3v) is 6.46. The first-order chi connectivity index (χ1) is 10.0. The minimum Gasteiger partial charge on any atom is -0.482 e. The first-order valence-electron chi connectivity index (χ1n) is 7.99. The molecule has 5 atom stereocenters. The molecule has 4 rings (SSSR count). The number of benzene rings is 1. The van der Waals surface area contributed by atoms with Crippen LogP contribution in [0.5, 0.6) is 5.75 Å². The van der Waals surface area contributed by atoms with Crippen molar-refractivity contribution >= 4 is 5.97 Å². The Morgan fingerprint density at radius 2 is 2.24 bits per heavy atom. The zero-order valence-electron chi connectivity index (χ0n) is 12.6. The number of ether oxygens (including phenoxy) is 1. The zero-order valence-corrected chi connectivity index (χ0v) is 12.6. The largest absolute Gasteiger partial charge is 0.482 e. The number of rotatable bonds is 3. The molecule has 3 nitrogen and oxygen atoms in total. The van der Waals surface area contributed by atoms with Crippen molar-refractivity contribution in [3.63, 3.8) is 0 Å². The van der Waals surface area contributed by atoms with E-state index >= 15 is 0 Å². The number of aliphatic carboxylic acids is 1. The highest BCUT2D eigenvalue weighted by atomic mass is 16.5. The molecule has 5 unspecified atom stereocenters. The number of fused-ring (bicyclic) bond motifs is 1. The van der Waals surface area contributed by atoms with E-state index in [1.807, 2.05) is 12.1 Å². The van der Waals surface area contributed by atoms with Gasteiger partial charge >= 0.3 is 5.97 Å². The van der Waals surface area contributed by atoms with Gasteiger partial charge in [0.05, 0.1) is 0 Å². The fourth-order valence-corrected chi connectivity index (χ4v) is 5.73. The average molecular weight is 286 g/mol. The molecule has 0 bridgehead atoms. The minimum atomic E-state index is -0.912. The van der Waals surface area contributed by atoms with Crippen LogP contribution < -0.4 is 4.74 Å². The molecule has 2 fully saturated rings. The summed E-state index contributed by atoms with van der Waals surface area (Å²) in [6.07, 6.45) is 3.55. The van der Waals surface area contributed by atoms with Crippen LogP contribution in [-0.2, 0) is 17.6 Å². The number of hydrogen-bond acceptors (Lipinski definition) is 2. The molecule has 21 heavy (non-hydrogen) atoms. The monoisotopic (exact) mass is 286 g/mol. The van der Waals surface area contributed by atoms with Crippen molar-refractivity contribution in [3.05, 3.63) is 29.3 Å². The average Bonchev–Trinajstić information content (AvgIpc) is 2.88. The highest BCUT2D eigenvalue weighted by Crippen LogP contribution is 2.76. The van der Waals surface area contributed by atoms with Gasteiger partial charge in [0.1, 0.15) is 5.75 Å². The molecule has 1 N–H and O–H groups in total. The van der Waals surface area contributed by atoms with Crippen LogP contribution in [-0.4, -0.2) is 17.7 Å². The van der Waals surface area contributed by atoms with E-state index in [0.29, 0.717) is 5.41 Å². The van der Waals surface area contributed by atoms with Gasteiger partial charge in [0.15, 0.2) is 6.61 Å². The van der Waals surface area contributed by atoms with Crippen LogP contribution in [0.25, 0.3) is 0 Å². The molecule has 0 aliphatic heterocycles. The fourth-order valence-electron chi connectivity index (χ4n) is 5.73. The van der Waals surface area contributed by atoms with E-state index in [-0.39, 0.29) is 6.61 Å². The second kappa shape index (κ2) is 4.25. The fraction of sp³-hybridized carbons (Fsp3) is 0.611. The standard InChI is InChI=1S/C18H22O3/c1-10-6-13-7-14-12(8-18(13)11(2)17(10)18)4-3-5-15(14)21-9-16(19)20/h3-5,10-11,13,17H,6-9H2,1-2H3,(H,19,20). The first-order valence-corrected chi connectivity index (χ1v) is 7.99. The second-order valence-electron chi connectivity index (χ2n) is 7.29. The number of hydrogen-bond donors (Lipinski definition) is 1. The highest BCUT2D eigenvalue weighted by molar-refractivity contribution is 5.68. The number of carboxylic acids is 1. The molecule has 0 amide bonds. The van der Waals surface area contributed by atoms with Gasteiger partial charge in [0.2, 0.25) is 0 Å². The van der Waals surface area contributed by atoms with Crippen molar-refractivity contribution in [1.29, 1.82) is 0 Å².